The molecule has 1 saturated heterocycles. The zero-order chi connectivity index (χ0) is 14.0. The topological polar surface area (TPSA) is 21.3 Å². The van der Waals surface area contributed by atoms with E-state index < -0.39 is 6.36 Å². The van der Waals surface area contributed by atoms with E-state index in [1.807, 2.05) is 0 Å². The molecule has 0 amide bonds. The van der Waals surface area contributed by atoms with Crippen LogP contribution in [0, 0.1) is 5.92 Å². The van der Waals surface area contributed by atoms with Crippen LogP contribution in [0.25, 0.3) is 0 Å². The molecular formula is C13H15ClF3NO. The van der Waals surface area contributed by atoms with Gasteiger partial charge in [-0.05, 0) is 49.0 Å². The molecule has 1 aliphatic rings. The molecule has 0 radical (unpaired) electrons. The molecule has 1 heterocycles. The first kappa shape index (κ1) is 14.5. The van der Waals surface area contributed by atoms with Crippen molar-refractivity contribution in [2.75, 3.05) is 13.1 Å². The van der Waals surface area contributed by atoms with Crippen LogP contribution in [0.3, 0.4) is 0 Å². The molecule has 2 atom stereocenters. The molecule has 1 aliphatic heterocycles. The smallest absolute Gasteiger partial charge is 0.406 e. The molecule has 1 aromatic carbocycles. The van der Waals surface area contributed by atoms with Crippen LogP contribution < -0.4 is 10.1 Å². The summed E-state index contributed by atoms with van der Waals surface area (Å²) >= 11 is 6.09. The van der Waals surface area contributed by atoms with Crippen molar-refractivity contribution < 1.29 is 17.9 Å². The van der Waals surface area contributed by atoms with E-state index in [2.05, 4.69) is 17.0 Å². The minimum absolute atomic E-state index is 0.272. The fraction of sp³-hybridized carbons (Fsp3) is 0.538. The number of halogens is 4. The first-order valence-corrected chi connectivity index (χ1v) is 6.50. The number of benzene rings is 1. The van der Waals surface area contributed by atoms with E-state index in [1.165, 1.54) is 12.1 Å². The molecule has 2 unspecified atom stereocenters. The summed E-state index contributed by atoms with van der Waals surface area (Å²) in [7, 11) is 0. The zero-order valence-electron chi connectivity index (χ0n) is 10.4. The van der Waals surface area contributed by atoms with Gasteiger partial charge >= 0.3 is 6.36 Å². The Morgan fingerprint density at radius 1 is 1.37 bits per heavy atom. The van der Waals surface area contributed by atoms with Crippen LogP contribution in [-0.4, -0.2) is 19.5 Å². The van der Waals surface area contributed by atoms with Crippen LogP contribution in [0.4, 0.5) is 13.2 Å². The molecule has 0 saturated carbocycles. The third-order valence-corrected chi connectivity index (χ3v) is 3.72. The second-order valence-electron chi connectivity index (χ2n) is 4.81. The highest BCUT2D eigenvalue weighted by Gasteiger charge is 2.32. The van der Waals surface area contributed by atoms with Crippen LogP contribution in [0.2, 0.25) is 5.02 Å². The van der Waals surface area contributed by atoms with Gasteiger partial charge in [-0.15, -0.1) is 13.2 Å². The van der Waals surface area contributed by atoms with Gasteiger partial charge in [-0.2, -0.15) is 0 Å². The maximum Gasteiger partial charge on any atom is 0.573 e. The lowest BCUT2D eigenvalue weighted by Crippen LogP contribution is -2.33. The van der Waals surface area contributed by atoms with Crippen LogP contribution in [0.5, 0.6) is 5.75 Å². The van der Waals surface area contributed by atoms with Crippen molar-refractivity contribution in [3.8, 4) is 5.75 Å². The number of piperidine rings is 1. The maximum absolute atomic E-state index is 12.1. The third kappa shape index (κ3) is 3.76. The van der Waals surface area contributed by atoms with E-state index in [4.69, 9.17) is 11.6 Å². The fourth-order valence-electron chi connectivity index (χ4n) is 2.48. The summed E-state index contributed by atoms with van der Waals surface area (Å²) in [6.45, 7) is 3.89. The van der Waals surface area contributed by atoms with Crippen LogP contribution >= 0.6 is 11.6 Å². The Labute approximate surface area is 114 Å². The van der Waals surface area contributed by atoms with Crippen LogP contribution in [-0.2, 0) is 0 Å². The van der Waals surface area contributed by atoms with Crippen molar-refractivity contribution in [1.82, 2.24) is 5.32 Å². The molecular weight excluding hydrogens is 279 g/mol. The van der Waals surface area contributed by atoms with E-state index in [1.54, 1.807) is 6.07 Å². The molecule has 1 fully saturated rings. The van der Waals surface area contributed by atoms with Gasteiger partial charge in [0.2, 0.25) is 0 Å². The molecule has 19 heavy (non-hydrogen) atoms. The lowest BCUT2D eigenvalue weighted by Gasteiger charge is -2.30. The first-order valence-electron chi connectivity index (χ1n) is 6.13. The maximum atomic E-state index is 12.1. The second-order valence-corrected chi connectivity index (χ2v) is 5.21. The summed E-state index contributed by atoms with van der Waals surface area (Å²) in [4.78, 5) is 0. The van der Waals surface area contributed by atoms with Gasteiger partial charge in [0.05, 0.1) is 0 Å². The number of rotatable bonds is 2. The van der Waals surface area contributed by atoms with E-state index in [9.17, 15) is 13.2 Å². The zero-order valence-corrected chi connectivity index (χ0v) is 11.2. The van der Waals surface area contributed by atoms with Crippen LogP contribution in [0.1, 0.15) is 24.8 Å². The summed E-state index contributed by atoms with van der Waals surface area (Å²) in [6, 6.07) is 4.19. The average Bonchev–Trinajstić information content (AvgIpc) is 2.28. The van der Waals surface area contributed by atoms with Crippen molar-refractivity contribution in [2.24, 2.45) is 5.92 Å². The van der Waals surface area contributed by atoms with Gasteiger partial charge in [0, 0.05) is 5.02 Å². The number of ether oxygens (including phenoxy) is 1. The Morgan fingerprint density at radius 3 is 2.68 bits per heavy atom. The van der Waals surface area contributed by atoms with E-state index in [0.29, 0.717) is 10.9 Å². The second kappa shape index (κ2) is 5.59. The monoisotopic (exact) mass is 293 g/mol. The number of alkyl halides is 3. The number of hydrogen-bond donors (Lipinski definition) is 1. The van der Waals surface area contributed by atoms with E-state index >= 15 is 0 Å². The van der Waals surface area contributed by atoms with E-state index in [-0.39, 0.29) is 11.7 Å². The van der Waals surface area contributed by atoms with Crippen LogP contribution in [0.15, 0.2) is 18.2 Å². The average molecular weight is 294 g/mol. The molecule has 0 spiro atoms. The minimum atomic E-state index is -4.69. The van der Waals surface area contributed by atoms with Crippen molar-refractivity contribution in [1.29, 1.82) is 0 Å². The Bertz CT molecular complexity index is 450. The summed E-state index contributed by atoms with van der Waals surface area (Å²) < 4.78 is 40.2. The molecule has 0 aliphatic carbocycles. The Morgan fingerprint density at radius 2 is 2.11 bits per heavy atom. The lowest BCUT2D eigenvalue weighted by atomic mass is 9.82. The van der Waals surface area contributed by atoms with Crippen molar-refractivity contribution in [3.63, 3.8) is 0 Å². The lowest BCUT2D eigenvalue weighted by molar-refractivity contribution is -0.274. The molecule has 0 bridgehead atoms. The van der Waals surface area contributed by atoms with Gasteiger partial charge in [-0.3, -0.25) is 0 Å². The normalized spacial score (nSPS) is 24.3. The molecule has 1 N–H and O–H groups in total. The Kier molecular flexibility index (Phi) is 4.26. The van der Waals surface area contributed by atoms with Gasteiger partial charge in [-0.1, -0.05) is 24.6 Å². The predicted molar refractivity (Wildman–Crippen MR) is 67.5 cm³/mol. The largest absolute Gasteiger partial charge is 0.573 e. The van der Waals surface area contributed by atoms with Crippen molar-refractivity contribution in [3.05, 3.63) is 28.8 Å². The molecule has 1 aromatic rings. The number of nitrogens with one attached hydrogen (secondary N) is 1. The van der Waals surface area contributed by atoms with E-state index in [0.717, 1.165) is 25.1 Å². The highest BCUT2D eigenvalue weighted by Crippen LogP contribution is 2.37. The highest BCUT2D eigenvalue weighted by atomic mass is 35.5. The SMILES string of the molecule is CC1CNCCC1c1ccc(OC(F)(F)F)cc1Cl. The molecule has 2 nitrogen and oxygen atoms in total. The fourth-order valence-corrected chi connectivity index (χ4v) is 2.79. The molecule has 6 heteroatoms. The highest BCUT2D eigenvalue weighted by molar-refractivity contribution is 6.31. The molecule has 106 valence electrons. The van der Waals surface area contributed by atoms with Gasteiger partial charge < -0.3 is 10.1 Å². The first-order chi connectivity index (χ1) is 8.87. The standard InChI is InChI=1S/C13H15ClF3NO/c1-8-7-18-5-4-10(8)11-3-2-9(6-12(11)14)19-13(15,16)17/h2-3,6,8,10,18H,4-5,7H2,1H3. The predicted octanol–water partition coefficient (Wildman–Crippen LogP) is 3.95. The van der Waals surface area contributed by atoms with Gasteiger partial charge in [0.1, 0.15) is 5.75 Å². The number of hydrogen-bond acceptors (Lipinski definition) is 2. The summed E-state index contributed by atoms with van der Waals surface area (Å²) in [6.07, 6.45) is -3.76. The van der Waals surface area contributed by atoms with Gasteiger partial charge in [0.25, 0.3) is 0 Å². The van der Waals surface area contributed by atoms with Gasteiger partial charge in [-0.25, -0.2) is 0 Å². The quantitative estimate of drug-likeness (QED) is 0.891. The molecule has 0 aromatic heterocycles. The third-order valence-electron chi connectivity index (χ3n) is 3.39. The summed E-state index contributed by atoms with van der Waals surface area (Å²) in [5, 5.41) is 3.61. The minimum Gasteiger partial charge on any atom is -0.406 e. The van der Waals surface area contributed by atoms with Crippen molar-refractivity contribution >= 4 is 11.6 Å². The Balaban J connectivity index is 2.19. The Hall–Kier alpha value is -0.940. The van der Waals surface area contributed by atoms with Crippen molar-refractivity contribution in [2.45, 2.75) is 25.6 Å². The summed E-state index contributed by atoms with van der Waals surface area (Å²) in [5.41, 5.74) is 0.894. The summed E-state index contributed by atoms with van der Waals surface area (Å²) in [5.74, 6) is 0.400. The van der Waals surface area contributed by atoms with Gasteiger partial charge in [0.15, 0.2) is 0 Å². The molecule has 2 rings (SSSR count).